The van der Waals surface area contributed by atoms with Crippen molar-refractivity contribution in [3.63, 3.8) is 0 Å². The van der Waals surface area contributed by atoms with Gasteiger partial charge in [0.25, 0.3) is 0 Å². The van der Waals surface area contributed by atoms with Gasteiger partial charge in [0, 0.05) is 31.7 Å². The Hall–Kier alpha value is -1.26. The zero-order valence-corrected chi connectivity index (χ0v) is 12.6. The highest BCUT2D eigenvalue weighted by molar-refractivity contribution is 5.40. The minimum atomic E-state index is -0.165. The SMILES string of the molecule is CNCc1ccc(OC)cc1OCCC(C)(C)OC. The van der Waals surface area contributed by atoms with Crippen molar-refractivity contribution in [2.45, 2.75) is 32.4 Å². The highest BCUT2D eigenvalue weighted by atomic mass is 16.5. The van der Waals surface area contributed by atoms with Crippen LogP contribution in [0.2, 0.25) is 0 Å². The molecule has 0 aliphatic rings. The Morgan fingerprint density at radius 3 is 2.53 bits per heavy atom. The van der Waals surface area contributed by atoms with E-state index in [0.717, 1.165) is 30.0 Å². The predicted octanol–water partition coefficient (Wildman–Crippen LogP) is 2.61. The first kappa shape index (κ1) is 15.8. The molecule has 0 fully saturated rings. The molecule has 0 amide bonds. The van der Waals surface area contributed by atoms with Gasteiger partial charge in [-0.05, 0) is 27.0 Å². The fourth-order valence-electron chi connectivity index (χ4n) is 1.64. The standard InChI is InChI=1S/C15H25NO3/c1-15(2,18-5)8-9-19-14-10-13(17-4)7-6-12(14)11-16-3/h6-7,10,16H,8-9,11H2,1-5H3. The molecule has 0 saturated carbocycles. The fourth-order valence-corrected chi connectivity index (χ4v) is 1.64. The van der Waals surface area contributed by atoms with Gasteiger partial charge in [0.2, 0.25) is 0 Å². The fraction of sp³-hybridized carbons (Fsp3) is 0.600. The Labute approximate surface area is 116 Å². The second-order valence-electron chi connectivity index (χ2n) is 5.07. The van der Waals surface area contributed by atoms with Crippen molar-refractivity contribution in [2.75, 3.05) is 27.9 Å². The molecule has 0 radical (unpaired) electrons. The molecule has 0 atom stereocenters. The van der Waals surface area contributed by atoms with Crippen molar-refractivity contribution in [2.24, 2.45) is 0 Å². The van der Waals surface area contributed by atoms with E-state index >= 15 is 0 Å². The minimum absolute atomic E-state index is 0.165. The Kier molecular flexibility index (Phi) is 6.12. The van der Waals surface area contributed by atoms with Crippen LogP contribution in [0.15, 0.2) is 18.2 Å². The molecule has 19 heavy (non-hydrogen) atoms. The van der Waals surface area contributed by atoms with Crippen molar-refractivity contribution in [3.05, 3.63) is 23.8 Å². The van der Waals surface area contributed by atoms with Crippen molar-refractivity contribution in [3.8, 4) is 11.5 Å². The second kappa shape index (κ2) is 7.36. The summed E-state index contributed by atoms with van der Waals surface area (Å²) in [5.41, 5.74) is 0.959. The van der Waals surface area contributed by atoms with Crippen molar-refractivity contribution in [1.29, 1.82) is 0 Å². The monoisotopic (exact) mass is 267 g/mol. The number of ether oxygens (including phenoxy) is 3. The number of methoxy groups -OCH3 is 2. The minimum Gasteiger partial charge on any atom is -0.497 e. The molecule has 0 heterocycles. The summed E-state index contributed by atoms with van der Waals surface area (Å²) >= 11 is 0. The smallest absolute Gasteiger partial charge is 0.127 e. The van der Waals surface area contributed by atoms with Crippen LogP contribution in [-0.2, 0) is 11.3 Å². The molecule has 1 aromatic carbocycles. The lowest BCUT2D eigenvalue weighted by Crippen LogP contribution is -2.25. The summed E-state index contributed by atoms with van der Waals surface area (Å²) in [4.78, 5) is 0. The van der Waals surface area contributed by atoms with Crippen LogP contribution in [0.3, 0.4) is 0 Å². The summed E-state index contributed by atoms with van der Waals surface area (Å²) in [6.07, 6.45) is 0.833. The van der Waals surface area contributed by atoms with Gasteiger partial charge in [-0.2, -0.15) is 0 Å². The summed E-state index contributed by atoms with van der Waals surface area (Å²) in [5.74, 6) is 1.67. The lowest BCUT2D eigenvalue weighted by atomic mass is 10.1. The number of hydrogen-bond acceptors (Lipinski definition) is 4. The van der Waals surface area contributed by atoms with E-state index in [0.29, 0.717) is 6.61 Å². The van der Waals surface area contributed by atoms with Gasteiger partial charge in [0.1, 0.15) is 11.5 Å². The summed E-state index contributed by atoms with van der Waals surface area (Å²) in [7, 11) is 5.30. The normalized spacial score (nSPS) is 11.4. The van der Waals surface area contributed by atoms with E-state index in [9.17, 15) is 0 Å². The quantitative estimate of drug-likeness (QED) is 0.786. The molecule has 1 rings (SSSR count). The lowest BCUT2D eigenvalue weighted by Gasteiger charge is -2.23. The van der Waals surface area contributed by atoms with Gasteiger partial charge in [0.15, 0.2) is 0 Å². The van der Waals surface area contributed by atoms with Gasteiger partial charge >= 0.3 is 0 Å². The third-order valence-electron chi connectivity index (χ3n) is 3.16. The molecule has 0 aliphatic carbocycles. The van der Waals surface area contributed by atoms with Crippen LogP contribution in [0.25, 0.3) is 0 Å². The molecular formula is C15H25NO3. The molecule has 1 aromatic rings. The number of benzene rings is 1. The van der Waals surface area contributed by atoms with Crippen LogP contribution in [0.5, 0.6) is 11.5 Å². The molecule has 0 unspecified atom stereocenters. The van der Waals surface area contributed by atoms with E-state index < -0.39 is 0 Å². The molecule has 108 valence electrons. The maximum Gasteiger partial charge on any atom is 0.127 e. The van der Waals surface area contributed by atoms with E-state index in [1.54, 1.807) is 14.2 Å². The van der Waals surface area contributed by atoms with Crippen LogP contribution in [0.4, 0.5) is 0 Å². The molecule has 0 saturated heterocycles. The van der Waals surface area contributed by atoms with E-state index in [-0.39, 0.29) is 5.60 Å². The van der Waals surface area contributed by atoms with E-state index in [1.165, 1.54) is 0 Å². The Balaban J connectivity index is 2.69. The Bertz CT molecular complexity index is 391. The van der Waals surface area contributed by atoms with Crippen LogP contribution in [0.1, 0.15) is 25.8 Å². The van der Waals surface area contributed by atoms with Crippen molar-refractivity contribution in [1.82, 2.24) is 5.32 Å². The average Bonchev–Trinajstić information content (AvgIpc) is 2.40. The highest BCUT2D eigenvalue weighted by Gasteiger charge is 2.16. The van der Waals surface area contributed by atoms with Gasteiger partial charge in [0.05, 0.1) is 19.3 Å². The third-order valence-corrected chi connectivity index (χ3v) is 3.16. The van der Waals surface area contributed by atoms with Crippen LogP contribution in [0, 0.1) is 0 Å². The topological polar surface area (TPSA) is 39.7 Å². The van der Waals surface area contributed by atoms with Crippen LogP contribution in [-0.4, -0.2) is 33.5 Å². The van der Waals surface area contributed by atoms with Crippen molar-refractivity contribution < 1.29 is 14.2 Å². The summed E-state index contributed by atoms with van der Waals surface area (Å²) in [6, 6.07) is 5.89. The predicted molar refractivity (Wildman–Crippen MR) is 77.0 cm³/mol. The first-order chi connectivity index (χ1) is 9.02. The van der Waals surface area contributed by atoms with Crippen LogP contribution < -0.4 is 14.8 Å². The average molecular weight is 267 g/mol. The zero-order valence-electron chi connectivity index (χ0n) is 12.6. The van der Waals surface area contributed by atoms with Gasteiger partial charge in [-0.15, -0.1) is 0 Å². The van der Waals surface area contributed by atoms with Crippen molar-refractivity contribution >= 4 is 0 Å². The maximum atomic E-state index is 5.87. The van der Waals surface area contributed by atoms with E-state index in [4.69, 9.17) is 14.2 Å². The number of hydrogen-bond donors (Lipinski definition) is 1. The molecule has 4 heteroatoms. The largest absolute Gasteiger partial charge is 0.497 e. The first-order valence-corrected chi connectivity index (χ1v) is 6.52. The van der Waals surface area contributed by atoms with Gasteiger partial charge in [-0.25, -0.2) is 0 Å². The Morgan fingerprint density at radius 2 is 1.95 bits per heavy atom. The summed E-state index contributed by atoms with van der Waals surface area (Å²) < 4.78 is 16.5. The highest BCUT2D eigenvalue weighted by Crippen LogP contribution is 2.25. The van der Waals surface area contributed by atoms with E-state index in [1.807, 2.05) is 25.2 Å². The molecule has 0 bridgehead atoms. The lowest BCUT2D eigenvalue weighted by molar-refractivity contribution is 0.00536. The third kappa shape index (κ3) is 5.09. The second-order valence-corrected chi connectivity index (χ2v) is 5.07. The molecule has 1 N–H and O–H groups in total. The van der Waals surface area contributed by atoms with Crippen LogP contribution >= 0.6 is 0 Å². The molecule has 4 nitrogen and oxygen atoms in total. The maximum absolute atomic E-state index is 5.87. The Morgan fingerprint density at radius 1 is 1.21 bits per heavy atom. The van der Waals surface area contributed by atoms with Gasteiger partial charge in [-0.1, -0.05) is 6.07 Å². The zero-order chi connectivity index (χ0) is 14.3. The van der Waals surface area contributed by atoms with E-state index in [2.05, 4.69) is 19.2 Å². The van der Waals surface area contributed by atoms with Gasteiger partial charge < -0.3 is 19.5 Å². The molecule has 0 aliphatic heterocycles. The molecule has 0 aromatic heterocycles. The van der Waals surface area contributed by atoms with Gasteiger partial charge in [-0.3, -0.25) is 0 Å². The number of nitrogens with one attached hydrogen (secondary N) is 1. The summed E-state index contributed by atoms with van der Waals surface area (Å²) in [6.45, 7) is 5.49. The number of rotatable bonds is 8. The first-order valence-electron chi connectivity index (χ1n) is 6.52. The molecular weight excluding hydrogens is 242 g/mol. The summed E-state index contributed by atoms with van der Waals surface area (Å²) in [5, 5.41) is 3.13. The molecule has 0 spiro atoms.